The third-order valence-corrected chi connectivity index (χ3v) is 3.09. The number of methoxy groups -OCH3 is 1. The summed E-state index contributed by atoms with van der Waals surface area (Å²) in [6, 6.07) is 4.54. The Kier molecular flexibility index (Phi) is 4.50. The summed E-state index contributed by atoms with van der Waals surface area (Å²) in [5.74, 6) is -0.0815. The molecule has 20 heavy (non-hydrogen) atoms. The molecule has 0 atom stereocenters. The molecule has 0 radical (unpaired) electrons. The van der Waals surface area contributed by atoms with E-state index in [1.54, 1.807) is 23.0 Å². The Bertz CT molecular complexity index is 608. The summed E-state index contributed by atoms with van der Waals surface area (Å²) in [7, 11) is 1.47. The molecule has 0 saturated heterocycles. The summed E-state index contributed by atoms with van der Waals surface area (Å²) in [6.07, 6.45) is 4.31. The van der Waals surface area contributed by atoms with Crippen molar-refractivity contribution in [3.8, 4) is 17.0 Å². The molecule has 0 N–H and O–H groups in total. The molecule has 0 unspecified atom stereocenters. The number of carbonyl (C=O) groups is 1. The lowest BCUT2D eigenvalue weighted by molar-refractivity contribution is 0.112. The van der Waals surface area contributed by atoms with Gasteiger partial charge in [-0.25, -0.2) is 4.39 Å². The van der Waals surface area contributed by atoms with Crippen molar-refractivity contribution in [1.29, 1.82) is 0 Å². The fraction of sp³-hybridized carbons (Fsp3) is 0.333. The molecular formula is C15H17FN2O2. The van der Waals surface area contributed by atoms with Crippen LogP contribution >= 0.6 is 0 Å². The Balaban J connectivity index is 2.51. The predicted octanol–water partition coefficient (Wildman–Crippen LogP) is 3.31. The second-order valence-corrected chi connectivity index (χ2v) is 4.48. The lowest BCUT2D eigenvalue weighted by atomic mass is 10.1. The summed E-state index contributed by atoms with van der Waals surface area (Å²) in [6.45, 7) is 2.78. The first-order valence-electron chi connectivity index (χ1n) is 6.56. The minimum absolute atomic E-state index is 0.229. The third-order valence-electron chi connectivity index (χ3n) is 3.09. The van der Waals surface area contributed by atoms with Crippen LogP contribution in [0.4, 0.5) is 4.39 Å². The number of aldehydes is 1. The van der Waals surface area contributed by atoms with Gasteiger partial charge in [-0.2, -0.15) is 5.10 Å². The molecular weight excluding hydrogens is 259 g/mol. The van der Waals surface area contributed by atoms with Gasteiger partial charge in [0, 0.05) is 12.7 Å². The van der Waals surface area contributed by atoms with Crippen LogP contribution in [0.1, 0.15) is 30.1 Å². The van der Waals surface area contributed by atoms with Crippen molar-refractivity contribution in [2.24, 2.45) is 0 Å². The fourth-order valence-corrected chi connectivity index (χ4v) is 2.06. The van der Waals surface area contributed by atoms with Crippen LogP contribution in [0.5, 0.6) is 5.75 Å². The van der Waals surface area contributed by atoms with Crippen molar-refractivity contribution in [2.75, 3.05) is 7.11 Å². The molecule has 1 aromatic heterocycles. The zero-order valence-corrected chi connectivity index (χ0v) is 11.6. The molecule has 106 valence electrons. The molecule has 0 fully saturated rings. The van der Waals surface area contributed by atoms with E-state index in [2.05, 4.69) is 12.0 Å². The maximum Gasteiger partial charge on any atom is 0.153 e. The molecule has 0 saturated carbocycles. The number of aryl methyl sites for hydroxylation is 1. The van der Waals surface area contributed by atoms with Gasteiger partial charge in [-0.1, -0.05) is 19.4 Å². The lowest BCUT2D eigenvalue weighted by Crippen LogP contribution is -1.99. The SMILES string of the molecule is CCCCn1cc(C=O)c(-c2c(F)cccc2OC)n1. The van der Waals surface area contributed by atoms with Gasteiger partial charge in [-0.3, -0.25) is 9.48 Å². The number of hydrogen-bond donors (Lipinski definition) is 0. The van der Waals surface area contributed by atoms with Crippen LogP contribution in [0, 0.1) is 5.82 Å². The Hall–Kier alpha value is -2.17. The Morgan fingerprint density at radius 1 is 1.45 bits per heavy atom. The summed E-state index contributed by atoms with van der Waals surface area (Å²) < 4.78 is 20.9. The monoisotopic (exact) mass is 276 g/mol. The van der Waals surface area contributed by atoms with Crippen molar-refractivity contribution in [3.05, 3.63) is 35.8 Å². The van der Waals surface area contributed by atoms with Crippen molar-refractivity contribution >= 4 is 6.29 Å². The highest BCUT2D eigenvalue weighted by Gasteiger charge is 2.18. The first-order chi connectivity index (χ1) is 9.71. The van der Waals surface area contributed by atoms with Crippen LogP contribution in [0.3, 0.4) is 0 Å². The van der Waals surface area contributed by atoms with Crippen LogP contribution in [-0.2, 0) is 6.54 Å². The normalized spacial score (nSPS) is 10.6. The minimum atomic E-state index is -0.451. The number of benzene rings is 1. The molecule has 1 heterocycles. The smallest absolute Gasteiger partial charge is 0.153 e. The average Bonchev–Trinajstić information content (AvgIpc) is 2.87. The van der Waals surface area contributed by atoms with E-state index in [0.717, 1.165) is 12.8 Å². The van der Waals surface area contributed by atoms with Crippen molar-refractivity contribution in [1.82, 2.24) is 9.78 Å². The van der Waals surface area contributed by atoms with Crippen LogP contribution in [-0.4, -0.2) is 23.2 Å². The van der Waals surface area contributed by atoms with Crippen LogP contribution in [0.15, 0.2) is 24.4 Å². The molecule has 0 spiro atoms. The zero-order chi connectivity index (χ0) is 14.5. The topological polar surface area (TPSA) is 44.1 Å². The van der Waals surface area contributed by atoms with Gasteiger partial charge >= 0.3 is 0 Å². The van der Waals surface area contributed by atoms with Gasteiger partial charge in [-0.15, -0.1) is 0 Å². The second-order valence-electron chi connectivity index (χ2n) is 4.48. The van der Waals surface area contributed by atoms with E-state index < -0.39 is 5.82 Å². The van der Waals surface area contributed by atoms with Crippen LogP contribution in [0.2, 0.25) is 0 Å². The summed E-state index contributed by atoms with van der Waals surface area (Å²) >= 11 is 0. The molecule has 2 aromatic rings. The molecule has 1 aromatic carbocycles. The standard InChI is InChI=1S/C15H17FN2O2/c1-3-4-8-18-9-11(10-19)15(17-18)14-12(16)6-5-7-13(14)20-2/h5-7,9-10H,3-4,8H2,1-2H3. The van der Waals surface area contributed by atoms with Crippen molar-refractivity contribution in [2.45, 2.75) is 26.3 Å². The van der Waals surface area contributed by atoms with E-state index in [1.807, 2.05) is 0 Å². The molecule has 0 aliphatic rings. The summed E-state index contributed by atoms with van der Waals surface area (Å²) in [4.78, 5) is 11.2. The Morgan fingerprint density at radius 2 is 2.25 bits per heavy atom. The van der Waals surface area contributed by atoms with Gasteiger partial charge in [0.2, 0.25) is 0 Å². The molecule has 0 aliphatic heterocycles. The summed E-state index contributed by atoms with van der Waals surface area (Å²) in [5.41, 5.74) is 0.919. The maximum atomic E-state index is 14.1. The van der Waals surface area contributed by atoms with Crippen molar-refractivity contribution in [3.63, 3.8) is 0 Å². The van der Waals surface area contributed by atoms with Gasteiger partial charge in [-0.05, 0) is 18.6 Å². The minimum Gasteiger partial charge on any atom is -0.496 e. The highest BCUT2D eigenvalue weighted by Crippen LogP contribution is 2.33. The number of carbonyl (C=O) groups excluding carboxylic acids is 1. The first kappa shape index (κ1) is 14.2. The zero-order valence-electron chi connectivity index (χ0n) is 11.6. The van der Waals surface area contributed by atoms with E-state index in [0.29, 0.717) is 29.8 Å². The number of unbranched alkanes of at least 4 members (excludes halogenated alkanes) is 1. The molecule has 5 heteroatoms. The van der Waals surface area contributed by atoms with E-state index in [9.17, 15) is 9.18 Å². The number of ether oxygens (including phenoxy) is 1. The number of hydrogen-bond acceptors (Lipinski definition) is 3. The first-order valence-corrected chi connectivity index (χ1v) is 6.56. The molecule has 4 nitrogen and oxygen atoms in total. The number of nitrogens with zero attached hydrogens (tertiary/aromatic N) is 2. The highest BCUT2D eigenvalue weighted by atomic mass is 19.1. The number of rotatable bonds is 6. The third kappa shape index (κ3) is 2.71. The van der Waals surface area contributed by atoms with E-state index in [-0.39, 0.29) is 5.56 Å². The van der Waals surface area contributed by atoms with Gasteiger partial charge in [0.25, 0.3) is 0 Å². The lowest BCUT2D eigenvalue weighted by Gasteiger charge is -2.07. The van der Waals surface area contributed by atoms with E-state index in [1.165, 1.54) is 13.2 Å². The van der Waals surface area contributed by atoms with Crippen molar-refractivity contribution < 1.29 is 13.9 Å². The van der Waals surface area contributed by atoms with Gasteiger partial charge < -0.3 is 4.74 Å². The second kappa shape index (κ2) is 6.32. The van der Waals surface area contributed by atoms with Crippen LogP contribution < -0.4 is 4.74 Å². The molecule has 0 aliphatic carbocycles. The molecule has 0 amide bonds. The van der Waals surface area contributed by atoms with Gasteiger partial charge in [0.1, 0.15) is 17.3 Å². The number of aromatic nitrogens is 2. The highest BCUT2D eigenvalue weighted by molar-refractivity contribution is 5.87. The van der Waals surface area contributed by atoms with Crippen LogP contribution in [0.25, 0.3) is 11.3 Å². The fourth-order valence-electron chi connectivity index (χ4n) is 2.06. The predicted molar refractivity (Wildman–Crippen MR) is 74.5 cm³/mol. The molecule has 2 rings (SSSR count). The Labute approximate surface area is 117 Å². The number of halogens is 1. The largest absolute Gasteiger partial charge is 0.496 e. The molecule has 0 bridgehead atoms. The average molecular weight is 276 g/mol. The quantitative estimate of drug-likeness (QED) is 0.760. The van der Waals surface area contributed by atoms with E-state index >= 15 is 0 Å². The maximum absolute atomic E-state index is 14.1. The van der Waals surface area contributed by atoms with Gasteiger partial charge in [0.15, 0.2) is 6.29 Å². The van der Waals surface area contributed by atoms with Gasteiger partial charge in [0.05, 0.1) is 18.2 Å². The Morgan fingerprint density at radius 3 is 2.90 bits per heavy atom. The summed E-state index contributed by atoms with van der Waals surface area (Å²) in [5, 5.41) is 4.32. The van der Waals surface area contributed by atoms with E-state index in [4.69, 9.17) is 4.74 Å².